The summed E-state index contributed by atoms with van der Waals surface area (Å²) in [5.74, 6) is 1.63. The maximum absolute atomic E-state index is 5.84. The summed E-state index contributed by atoms with van der Waals surface area (Å²) in [5.41, 5.74) is 1.36. The molecule has 0 aliphatic carbocycles. The standard InChI is InChI=1S/C18H29NO2/c1-4-10-19-16(13-21-14(2)3)12-15-9-11-20-18-8-6-5-7-17(15)18/h5-8,14-16,19H,4,9-13H2,1-3H3. The lowest BCUT2D eigenvalue weighted by molar-refractivity contribution is 0.0570. The van der Waals surface area contributed by atoms with Crippen molar-refractivity contribution in [2.24, 2.45) is 0 Å². The van der Waals surface area contributed by atoms with Gasteiger partial charge in [-0.3, -0.25) is 0 Å². The minimum Gasteiger partial charge on any atom is -0.493 e. The zero-order chi connectivity index (χ0) is 15.1. The molecule has 3 nitrogen and oxygen atoms in total. The molecule has 1 aromatic rings. The lowest BCUT2D eigenvalue weighted by Crippen LogP contribution is -2.37. The number of hydrogen-bond acceptors (Lipinski definition) is 3. The molecular formula is C18H29NO2. The van der Waals surface area contributed by atoms with Crippen molar-refractivity contribution in [1.29, 1.82) is 0 Å². The SMILES string of the molecule is CCCNC(COC(C)C)CC1CCOc2ccccc21. The van der Waals surface area contributed by atoms with Gasteiger partial charge in [-0.05, 0) is 57.2 Å². The van der Waals surface area contributed by atoms with Gasteiger partial charge < -0.3 is 14.8 Å². The first-order valence-corrected chi connectivity index (χ1v) is 8.27. The molecule has 2 atom stereocenters. The summed E-state index contributed by atoms with van der Waals surface area (Å²) in [6, 6.07) is 8.87. The van der Waals surface area contributed by atoms with E-state index in [9.17, 15) is 0 Å². The van der Waals surface area contributed by atoms with Crippen LogP contribution in [0.15, 0.2) is 24.3 Å². The van der Waals surface area contributed by atoms with E-state index >= 15 is 0 Å². The van der Waals surface area contributed by atoms with Gasteiger partial charge in [0.05, 0.1) is 19.3 Å². The highest BCUT2D eigenvalue weighted by Crippen LogP contribution is 2.36. The second-order valence-corrected chi connectivity index (χ2v) is 6.14. The second-order valence-electron chi connectivity index (χ2n) is 6.14. The maximum Gasteiger partial charge on any atom is 0.122 e. The Kier molecular flexibility index (Phi) is 6.52. The van der Waals surface area contributed by atoms with Gasteiger partial charge in [-0.15, -0.1) is 0 Å². The van der Waals surface area contributed by atoms with E-state index < -0.39 is 0 Å². The summed E-state index contributed by atoms with van der Waals surface area (Å²) < 4.78 is 11.6. The maximum atomic E-state index is 5.84. The van der Waals surface area contributed by atoms with Crippen LogP contribution in [0, 0.1) is 0 Å². The molecule has 0 fully saturated rings. The summed E-state index contributed by atoms with van der Waals surface area (Å²) >= 11 is 0. The van der Waals surface area contributed by atoms with Crippen LogP contribution < -0.4 is 10.1 Å². The Bertz CT molecular complexity index is 419. The van der Waals surface area contributed by atoms with Crippen LogP contribution in [0.4, 0.5) is 0 Å². The van der Waals surface area contributed by atoms with Gasteiger partial charge in [-0.25, -0.2) is 0 Å². The van der Waals surface area contributed by atoms with Crippen LogP contribution in [0.5, 0.6) is 5.75 Å². The van der Waals surface area contributed by atoms with E-state index in [0.29, 0.717) is 12.0 Å². The molecule has 118 valence electrons. The second kappa shape index (κ2) is 8.40. The normalized spacial score (nSPS) is 19.1. The number of rotatable bonds is 8. The average Bonchev–Trinajstić information content (AvgIpc) is 2.50. The van der Waals surface area contributed by atoms with Gasteiger partial charge >= 0.3 is 0 Å². The molecular weight excluding hydrogens is 262 g/mol. The van der Waals surface area contributed by atoms with Gasteiger partial charge in [0, 0.05) is 6.04 Å². The summed E-state index contributed by atoms with van der Waals surface area (Å²) in [5, 5.41) is 3.64. The van der Waals surface area contributed by atoms with Gasteiger partial charge in [0.2, 0.25) is 0 Å². The van der Waals surface area contributed by atoms with Crippen molar-refractivity contribution in [3.05, 3.63) is 29.8 Å². The molecule has 1 aromatic carbocycles. The lowest BCUT2D eigenvalue weighted by atomic mass is 9.87. The molecule has 3 heteroatoms. The minimum absolute atomic E-state index is 0.290. The smallest absolute Gasteiger partial charge is 0.122 e. The lowest BCUT2D eigenvalue weighted by Gasteiger charge is -2.30. The topological polar surface area (TPSA) is 30.5 Å². The average molecular weight is 291 g/mol. The summed E-state index contributed by atoms with van der Waals surface area (Å²) in [7, 11) is 0. The van der Waals surface area contributed by atoms with Crippen molar-refractivity contribution in [2.45, 2.75) is 58.1 Å². The fraction of sp³-hybridized carbons (Fsp3) is 0.667. The van der Waals surface area contributed by atoms with Crippen molar-refractivity contribution in [3.63, 3.8) is 0 Å². The predicted molar refractivity (Wildman–Crippen MR) is 87.1 cm³/mol. The number of fused-ring (bicyclic) bond motifs is 1. The highest BCUT2D eigenvalue weighted by atomic mass is 16.5. The molecule has 0 amide bonds. The van der Waals surface area contributed by atoms with Gasteiger partial charge in [0.15, 0.2) is 0 Å². The van der Waals surface area contributed by atoms with E-state index in [-0.39, 0.29) is 6.10 Å². The quantitative estimate of drug-likeness (QED) is 0.791. The number of ether oxygens (including phenoxy) is 2. The number of benzene rings is 1. The van der Waals surface area contributed by atoms with E-state index in [1.807, 2.05) is 0 Å². The third-order valence-corrected chi connectivity index (χ3v) is 3.97. The fourth-order valence-electron chi connectivity index (χ4n) is 2.87. The third kappa shape index (κ3) is 5.01. The molecule has 1 aliphatic rings. The van der Waals surface area contributed by atoms with Crippen molar-refractivity contribution >= 4 is 0 Å². The van der Waals surface area contributed by atoms with E-state index in [1.165, 1.54) is 5.56 Å². The largest absolute Gasteiger partial charge is 0.493 e. The van der Waals surface area contributed by atoms with Crippen LogP contribution in [0.1, 0.15) is 51.5 Å². The minimum atomic E-state index is 0.290. The first kappa shape index (κ1) is 16.3. The Morgan fingerprint density at radius 1 is 1.33 bits per heavy atom. The van der Waals surface area contributed by atoms with Crippen LogP contribution in [-0.2, 0) is 4.74 Å². The van der Waals surface area contributed by atoms with Crippen molar-refractivity contribution < 1.29 is 9.47 Å². The van der Waals surface area contributed by atoms with Crippen molar-refractivity contribution in [3.8, 4) is 5.75 Å². The first-order valence-electron chi connectivity index (χ1n) is 8.27. The fourth-order valence-corrected chi connectivity index (χ4v) is 2.87. The van der Waals surface area contributed by atoms with Crippen LogP contribution in [0.25, 0.3) is 0 Å². The molecule has 2 unspecified atom stereocenters. The molecule has 0 aromatic heterocycles. The number of hydrogen-bond donors (Lipinski definition) is 1. The molecule has 0 radical (unpaired) electrons. The van der Waals surface area contributed by atoms with E-state index in [0.717, 1.165) is 44.8 Å². The van der Waals surface area contributed by atoms with E-state index in [1.54, 1.807) is 0 Å². The molecule has 0 bridgehead atoms. The summed E-state index contributed by atoms with van der Waals surface area (Å²) in [6.45, 7) is 9.07. The van der Waals surface area contributed by atoms with Gasteiger partial charge in [0.25, 0.3) is 0 Å². The van der Waals surface area contributed by atoms with E-state index in [2.05, 4.69) is 50.4 Å². The molecule has 2 rings (SSSR count). The number of para-hydroxylation sites is 1. The molecule has 21 heavy (non-hydrogen) atoms. The number of nitrogens with one attached hydrogen (secondary N) is 1. The zero-order valence-electron chi connectivity index (χ0n) is 13.6. The molecule has 1 heterocycles. The van der Waals surface area contributed by atoms with Crippen LogP contribution in [0.2, 0.25) is 0 Å². The monoisotopic (exact) mass is 291 g/mol. The Hall–Kier alpha value is -1.06. The predicted octanol–water partition coefficient (Wildman–Crippen LogP) is 3.74. The van der Waals surface area contributed by atoms with Gasteiger partial charge in [-0.1, -0.05) is 25.1 Å². The third-order valence-electron chi connectivity index (χ3n) is 3.97. The van der Waals surface area contributed by atoms with Crippen LogP contribution in [0.3, 0.4) is 0 Å². The molecule has 0 saturated carbocycles. The highest BCUT2D eigenvalue weighted by molar-refractivity contribution is 5.37. The van der Waals surface area contributed by atoms with E-state index in [4.69, 9.17) is 9.47 Å². The van der Waals surface area contributed by atoms with Gasteiger partial charge in [0.1, 0.15) is 5.75 Å². The van der Waals surface area contributed by atoms with Gasteiger partial charge in [-0.2, -0.15) is 0 Å². The molecule has 1 N–H and O–H groups in total. The van der Waals surface area contributed by atoms with Crippen LogP contribution >= 0.6 is 0 Å². The Balaban J connectivity index is 1.99. The molecule has 0 spiro atoms. The van der Waals surface area contributed by atoms with Crippen molar-refractivity contribution in [1.82, 2.24) is 5.32 Å². The summed E-state index contributed by atoms with van der Waals surface area (Å²) in [4.78, 5) is 0. The zero-order valence-corrected chi connectivity index (χ0v) is 13.6. The van der Waals surface area contributed by atoms with Crippen LogP contribution in [-0.4, -0.2) is 31.9 Å². The Labute approximate surface area is 129 Å². The Morgan fingerprint density at radius 2 is 2.14 bits per heavy atom. The summed E-state index contributed by atoms with van der Waals surface area (Å²) in [6.07, 6.45) is 3.66. The first-order chi connectivity index (χ1) is 10.2. The molecule has 1 aliphatic heterocycles. The highest BCUT2D eigenvalue weighted by Gasteiger charge is 2.24. The Morgan fingerprint density at radius 3 is 2.90 bits per heavy atom. The molecule has 0 saturated heterocycles. The van der Waals surface area contributed by atoms with Crippen molar-refractivity contribution in [2.75, 3.05) is 19.8 Å².